The fourth-order valence-corrected chi connectivity index (χ4v) is 11.4. The Labute approximate surface area is 564 Å². The average molecular weight is 1370 g/mol. The van der Waals surface area contributed by atoms with Gasteiger partial charge in [-0.1, -0.05) is 143 Å². The Kier molecular flexibility index (Phi) is 43.9. The van der Waals surface area contributed by atoms with E-state index in [9.17, 15) is 80.5 Å². The zero-order valence-electron chi connectivity index (χ0n) is 58.9. The summed E-state index contributed by atoms with van der Waals surface area (Å²) in [6.07, 6.45) is -10.6. The zero-order chi connectivity index (χ0) is 71.5. The van der Waals surface area contributed by atoms with Gasteiger partial charge in [0.25, 0.3) is 0 Å². The molecule has 14 N–H and O–H groups in total. The van der Waals surface area contributed by atoms with Crippen molar-refractivity contribution in [2.45, 2.75) is 409 Å². The molecule has 0 aromatic rings. The Morgan fingerprint density at radius 3 is 0.937 bits per heavy atom. The maximum absolute atomic E-state index is 13.1. The van der Waals surface area contributed by atoms with Gasteiger partial charge in [0.1, 0.15) is 85.5 Å². The molecule has 0 aliphatic carbocycles. The molecule has 0 saturated carbocycles. The summed E-state index contributed by atoms with van der Waals surface area (Å²) in [5.74, 6) is -3.62. The van der Waals surface area contributed by atoms with Crippen molar-refractivity contribution in [2.24, 2.45) is 0 Å². The molecule has 0 aromatic carbocycles. The highest BCUT2D eigenvalue weighted by atomic mass is 16.8. The number of carbonyl (C=O) groups is 4. The van der Waals surface area contributed by atoms with Gasteiger partial charge in [-0.05, 0) is 87.0 Å². The number of rotatable bonds is 42. The standard InChI is InChI=1S/2C32H58O13.C4H11N/c2*1-5-7-9-11-13-15-21(17-23(33)34)43-24(35)18-22(16-14-12-10-8-6-2)44-32-30(28(39)26(37)20(4)42-32)45-31-29(40)27(38)25(36)19(3)41-31;1-4(2,3)5/h2*19-22,25-32,36-40H,5-18H2,1-4H3,(H,33,34);5H2,1-3H3/t2*19?,20?,21-,22-,25?,26?,27?,28?,29?,30?,31?,32?;/m11./s1. The van der Waals surface area contributed by atoms with Crippen molar-refractivity contribution in [1.82, 2.24) is 0 Å². The van der Waals surface area contributed by atoms with E-state index in [0.29, 0.717) is 32.1 Å². The molecule has 27 heteroatoms. The number of quaternary nitrogens is 1. The van der Waals surface area contributed by atoms with Crippen molar-refractivity contribution in [2.75, 3.05) is 0 Å². The Morgan fingerprint density at radius 1 is 0.389 bits per heavy atom. The van der Waals surface area contributed by atoms with E-state index in [1.54, 1.807) is 6.92 Å². The van der Waals surface area contributed by atoms with Crippen LogP contribution in [-0.2, 0) is 66.5 Å². The van der Waals surface area contributed by atoms with E-state index in [0.717, 1.165) is 122 Å². The van der Waals surface area contributed by atoms with Crippen LogP contribution in [0.15, 0.2) is 0 Å². The number of carbonyl (C=O) groups excluding carboxylic acids is 3. The number of esters is 2. The van der Waals surface area contributed by atoms with Crippen LogP contribution < -0.4 is 10.8 Å². The summed E-state index contributed by atoms with van der Waals surface area (Å²) >= 11 is 0. The highest BCUT2D eigenvalue weighted by Gasteiger charge is 2.52. The lowest BCUT2D eigenvalue weighted by atomic mass is 9.97. The lowest BCUT2D eigenvalue weighted by molar-refractivity contribution is -0.458. The summed E-state index contributed by atoms with van der Waals surface area (Å²) in [5.41, 5.74) is 4.02. The third kappa shape index (κ3) is 34.4. The van der Waals surface area contributed by atoms with E-state index in [-0.39, 0.29) is 24.8 Å². The van der Waals surface area contributed by atoms with E-state index in [2.05, 4.69) is 54.2 Å². The van der Waals surface area contributed by atoms with Crippen LogP contribution in [0.2, 0.25) is 0 Å². The number of hydrogen-bond donors (Lipinski definition) is 12. The normalized spacial score (nSPS) is 32.3. The number of carboxylic acids is 2. The lowest BCUT2D eigenvalue weighted by Crippen LogP contribution is -2.67. The maximum atomic E-state index is 13.1. The van der Waals surface area contributed by atoms with Crippen molar-refractivity contribution < 1.29 is 134 Å². The molecular formula is C68H127NO26. The Hall–Kier alpha value is -2.88. The number of aliphatic hydroxyl groups is 10. The summed E-state index contributed by atoms with van der Waals surface area (Å²) in [5, 5.41) is 125. The summed E-state index contributed by atoms with van der Waals surface area (Å²) in [7, 11) is 0. The highest BCUT2D eigenvalue weighted by Crippen LogP contribution is 2.34. The number of aliphatic carboxylic acids is 2. The molecule has 4 rings (SSSR count). The van der Waals surface area contributed by atoms with Crippen molar-refractivity contribution in [3.05, 3.63) is 0 Å². The molecule has 0 amide bonds. The molecule has 0 bridgehead atoms. The van der Waals surface area contributed by atoms with Crippen LogP contribution in [0, 0.1) is 0 Å². The fraction of sp³-hybridized carbons (Fsp3) is 0.941. The predicted molar refractivity (Wildman–Crippen MR) is 344 cm³/mol. The van der Waals surface area contributed by atoms with Crippen LogP contribution in [0.3, 0.4) is 0 Å². The molecular weight excluding hydrogens is 1250 g/mol. The summed E-state index contributed by atoms with van der Waals surface area (Å²) in [6.45, 7) is 20.7. The molecule has 0 spiro atoms. The largest absolute Gasteiger partial charge is 0.550 e. The Balaban J connectivity index is 0.000000603. The monoisotopic (exact) mass is 1370 g/mol. The number of hydrogen-bond acceptors (Lipinski definition) is 25. The lowest BCUT2D eigenvalue weighted by Gasteiger charge is -2.46. The number of ether oxygens (including phenoxy) is 10. The minimum absolute atomic E-state index is 0.205. The molecule has 20 unspecified atom stereocenters. The zero-order valence-corrected chi connectivity index (χ0v) is 58.9. The van der Waals surface area contributed by atoms with Crippen LogP contribution in [0.4, 0.5) is 0 Å². The second-order valence-electron chi connectivity index (χ2n) is 27.6. The van der Waals surface area contributed by atoms with E-state index in [1.165, 1.54) is 20.8 Å². The van der Waals surface area contributed by atoms with Gasteiger partial charge in [0, 0.05) is 12.4 Å². The topological polar surface area (TPSA) is 434 Å². The van der Waals surface area contributed by atoms with Crippen LogP contribution in [0.1, 0.15) is 256 Å². The summed E-state index contributed by atoms with van der Waals surface area (Å²) < 4.78 is 58.1. The van der Waals surface area contributed by atoms with Gasteiger partial charge in [0.2, 0.25) is 0 Å². The first-order valence-electron chi connectivity index (χ1n) is 35.5. The van der Waals surface area contributed by atoms with Gasteiger partial charge < -0.3 is 119 Å². The van der Waals surface area contributed by atoms with Crippen LogP contribution in [-0.4, -0.2) is 233 Å². The van der Waals surface area contributed by atoms with Gasteiger partial charge in [-0.15, -0.1) is 0 Å². The Bertz CT molecular complexity index is 1920. The minimum atomic E-state index is -1.67. The van der Waals surface area contributed by atoms with E-state index in [1.807, 2.05) is 0 Å². The Morgan fingerprint density at radius 2 is 0.653 bits per heavy atom. The molecule has 4 aliphatic heterocycles. The van der Waals surface area contributed by atoms with Crippen molar-refractivity contribution in [3.8, 4) is 0 Å². The van der Waals surface area contributed by atoms with Gasteiger partial charge in [0.15, 0.2) is 25.2 Å². The van der Waals surface area contributed by atoms with Crippen LogP contribution >= 0.6 is 0 Å². The van der Waals surface area contributed by atoms with Crippen molar-refractivity contribution in [1.29, 1.82) is 0 Å². The molecule has 4 fully saturated rings. The van der Waals surface area contributed by atoms with Gasteiger partial charge in [-0.3, -0.25) is 14.4 Å². The first-order chi connectivity index (χ1) is 44.8. The fourth-order valence-electron chi connectivity index (χ4n) is 11.4. The number of carboxylic acid groups (broad SMARTS) is 2. The molecule has 4 saturated heterocycles. The van der Waals surface area contributed by atoms with E-state index in [4.69, 9.17) is 47.4 Å². The summed E-state index contributed by atoms with van der Waals surface area (Å²) in [6, 6.07) is 0. The van der Waals surface area contributed by atoms with E-state index < -0.39 is 178 Å². The van der Waals surface area contributed by atoms with E-state index >= 15 is 0 Å². The third-order valence-electron chi connectivity index (χ3n) is 17.1. The third-order valence-corrected chi connectivity index (χ3v) is 17.1. The highest BCUT2D eigenvalue weighted by molar-refractivity contribution is 5.72. The molecule has 0 radical (unpaired) electrons. The number of unbranched alkanes of at least 4 members (excludes halogenated alkanes) is 16. The second kappa shape index (κ2) is 47.3. The van der Waals surface area contributed by atoms with Gasteiger partial charge >= 0.3 is 17.9 Å². The number of aliphatic hydroxyl groups excluding tert-OH is 10. The van der Waals surface area contributed by atoms with Gasteiger partial charge in [-0.2, -0.15) is 0 Å². The van der Waals surface area contributed by atoms with Gasteiger partial charge in [-0.25, -0.2) is 0 Å². The minimum Gasteiger partial charge on any atom is -0.550 e. The molecule has 95 heavy (non-hydrogen) atoms. The van der Waals surface area contributed by atoms with Crippen molar-refractivity contribution >= 4 is 23.9 Å². The van der Waals surface area contributed by atoms with Crippen molar-refractivity contribution in [3.63, 3.8) is 0 Å². The molecule has 4 aliphatic rings. The first-order valence-corrected chi connectivity index (χ1v) is 35.5. The maximum Gasteiger partial charge on any atom is 0.308 e. The molecule has 4 heterocycles. The second-order valence-corrected chi connectivity index (χ2v) is 27.6. The van der Waals surface area contributed by atoms with Crippen LogP contribution in [0.5, 0.6) is 0 Å². The smallest absolute Gasteiger partial charge is 0.308 e. The molecule has 27 nitrogen and oxygen atoms in total. The SMILES string of the molecule is CC(C)(C)[NH3+].CCCCCCC[C@H](CC(=O)O)OC(=O)C[C@@H](CCCCCCC)OC1OC(C)C(O)C(O)C1OC1OC(C)C(O)C(O)C1O.CCCCCCC[C@H](CC(=O)[O-])OC(=O)C[C@@H](CCCCCCC)OC1OC(C)C(O)C(O)C1OC1OC(C)C(O)C(O)C1O. The predicted octanol–water partition coefficient (Wildman–Crippen LogP) is 3.79. The molecule has 560 valence electrons. The average Bonchev–Trinajstić information content (AvgIpc) is 0.800. The van der Waals surface area contributed by atoms with Crippen LogP contribution in [0.25, 0.3) is 0 Å². The summed E-state index contributed by atoms with van der Waals surface area (Å²) in [4.78, 5) is 49.0. The molecule has 24 atom stereocenters. The quantitative estimate of drug-likeness (QED) is 0.0305. The molecule has 0 aromatic heterocycles. The first kappa shape index (κ1) is 88.2. The van der Waals surface area contributed by atoms with Gasteiger partial charge in [0.05, 0.1) is 61.4 Å².